The molecule has 0 fully saturated rings. The Bertz CT molecular complexity index is 771. The van der Waals surface area contributed by atoms with Crippen LogP contribution < -0.4 is 4.74 Å². The second-order valence-corrected chi connectivity index (χ2v) is 4.60. The first-order chi connectivity index (χ1) is 10.2. The summed E-state index contributed by atoms with van der Waals surface area (Å²) >= 11 is 5.78. The lowest BCUT2D eigenvalue weighted by atomic mass is 10.2. The summed E-state index contributed by atoms with van der Waals surface area (Å²) in [6.07, 6.45) is 1.50. The fraction of sp³-hybridized carbons (Fsp3) is 0.0714. The van der Waals surface area contributed by atoms with Crippen LogP contribution in [-0.2, 0) is 0 Å². The summed E-state index contributed by atoms with van der Waals surface area (Å²) in [7, 11) is 1.53. The van der Waals surface area contributed by atoms with Crippen LogP contribution in [0.4, 0.5) is 0 Å². The number of ether oxygens (including phenoxy) is 1. The molecule has 0 radical (unpaired) electrons. The van der Waals surface area contributed by atoms with Crippen LogP contribution in [-0.4, -0.2) is 27.3 Å². The average Bonchev–Trinajstić information content (AvgIpc) is 2.98. The zero-order valence-electron chi connectivity index (χ0n) is 10.9. The van der Waals surface area contributed by atoms with Crippen molar-refractivity contribution in [3.63, 3.8) is 0 Å². The van der Waals surface area contributed by atoms with E-state index in [0.29, 0.717) is 27.9 Å². The summed E-state index contributed by atoms with van der Waals surface area (Å²) in [6, 6.07) is 8.11. The van der Waals surface area contributed by atoms with Gasteiger partial charge in [0.05, 0.1) is 17.7 Å². The second kappa shape index (κ2) is 5.41. The van der Waals surface area contributed by atoms with Crippen molar-refractivity contribution in [2.75, 3.05) is 7.11 Å². The number of benzene rings is 1. The van der Waals surface area contributed by atoms with E-state index in [4.69, 9.17) is 20.9 Å². The number of hydrogen-bond acceptors (Lipinski definition) is 6. The first-order valence-electron chi connectivity index (χ1n) is 6.00. The highest BCUT2D eigenvalue weighted by Gasteiger charge is 2.15. The predicted octanol–water partition coefficient (Wildman–Crippen LogP) is 3.17. The van der Waals surface area contributed by atoms with Gasteiger partial charge >= 0.3 is 0 Å². The van der Waals surface area contributed by atoms with Gasteiger partial charge in [-0.3, -0.25) is 4.98 Å². The van der Waals surface area contributed by atoms with Gasteiger partial charge in [-0.1, -0.05) is 16.8 Å². The van der Waals surface area contributed by atoms with E-state index in [-0.39, 0.29) is 11.6 Å². The van der Waals surface area contributed by atoms with Gasteiger partial charge in [-0.25, -0.2) is 0 Å². The normalized spacial score (nSPS) is 10.6. The maximum Gasteiger partial charge on any atom is 0.262 e. The molecule has 1 aromatic carbocycles. The molecule has 0 amide bonds. The third kappa shape index (κ3) is 2.66. The van der Waals surface area contributed by atoms with Crippen molar-refractivity contribution in [3.8, 4) is 34.5 Å². The number of nitrogens with zero attached hydrogens (tertiary/aromatic N) is 3. The zero-order valence-corrected chi connectivity index (χ0v) is 11.7. The third-order valence-electron chi connectivity index (χ3n) is 2.82. The molecule has 0 saturated heterocycles. The molecule has 0 aliphatic carbocycles. The largest absolute Gasteiger partial charge is 0.507 e. The monoisotopic (exact) mass is 303 g/mol. The molecule has 3 aromatic rings. The molecule has 0 spiro atoms. The van der Waals surface area contributed by atoms with E-state index in [1.54, 1.807) is 24.3 Å². The van der Waals surface area contributed by atoms with Crippen LogP contribution in [0, 0.1) is 0 Å². The number of rotatable bonds is 3. The standard InChI is InChI=1S/C14H10ClN3O3/c1-20-9-3-5-12(19)10(6-9)14-17-13(18-21-14)11-4-2-8(15)7-16-11/h2-7,19H,1H3. The highest BCUT2D eigenvalue weighted by Crippen LogP contribution is 2.32. The molecule has 3 rings (SSSR count). The fourth-order valence-electron chi connectivity index (χ4n) is 1.76. The van der Waals surface area contributed by atoms with Crippen molar-refractivity contribution in [1.29, 1.82) is 0 Å². The van der Waals surface area contributed by atoms with E-state index in [2.05, 4.69) is 15.1 Å². The van der Waals surface area contributed by atoms with Crippen molar-refractivity contribution >= 4 is 11.6 Å². The van der Waals surface area contributed by atoms with E-state index < -0.39 is 0 Å². The lowest BCUT2D eigenvalue weighted by molar-refractivity contribution is 0.408. The molecule has 0 bridgehead atoms. The number of hydrogen-bond donors (Lipinski definition) is 1. The summed E-state index contributed by atoms with van der Waals surface area (Å²) in [4.78, 5) is 8.33. The van der Waals surface area contributed by atoms with Crippen LogP contribution in [0.2, 0.25) is 5.02 Å². The van der Waals surface area contributed by atoms with Crippen molar-refractivity contribution in [3.05, 3.63) is 41.6 Å². The Hall–Kier alpha value is -2.60. The molecule has 2 heterocycles. The number of pyridine rings is 1. The van der Waals surface area contributed by atoms with Gasteiger partial charge in [-0.15, -0.1) is 0 Å². The molecule has 0 unspecified atom stereocenters. The third-order valence-corrected chi connectivity index (χ3v) is 3.04. The Balaban J connectivity index is 2.00. The van der Waals surface area contributed by atoms with Gasteiger partial charge in [0.25, 0.3) is 5.89 Å². The minimum atomic E-state index is 0.0232. The van der Waals surface area contributed by atoms with E-state index in [0.717, 1.165) is 0 Å². The van der Waals surface area contributed by atoms with Crippen LogP contribution >= 0.6 is 11.6 Å². The highest BCUT2D eigenvalue weighted by molar-refractivity contribution is 6.30. The lowest BCUT2D eigenvalue weighted by Gasteiger charge is -2.02. The Morgan fingerprint density at radius 2 is 2.10 bits per heavy atom. The predicted molar refractivity (Wildman–Crippen MR) is 76.2 cm³/mol. The summed E-state index contributed by atoms with van der Waals surface area (Å²) in [5.41, 5.74) is 0.916. The number of phenols is 1. The van der Waals surface area contributed by atoms with Gasteiger partial charge < -0.3 is 14.4 Å². The molecule has 0 atom stereocenters. The summed E-state index contributed by atoms with van der Waals surface area (Å²) in [5, 5.41) is 14.3. The van der Waals surface area contributed by atoms with E-state index in [1.165, 1.54) is 19.4 Å². The number of aromatic nitrogens is 3. The van der Waals surface area contributed by atoms with Crippen LogP contribution in [0.15, 0.2) is 41.1 Å². The molecule has 2 aromatic heterocycles. The quantitative estimate of drug-likeness (QED) is 0.800. The smallest absolute Gasteiger partial charge is 0.262 e. The number of phenolic OH excluding ortho intramolecular Hbond substituents is 1. The lowest BCUT2D eigenvalue weighted by Crippen LogP contribution is -1.86. The highest BCUT2D eigenvalue weighted by atomic mass is 35.5. The zero-order chi connectivity index (χ0) is 14.8. The molecule has 1 N–H and O–H groups in total. The van der Waals surface area contributed by atoms with E-state index in [1.807, 2.05) is 0 Å². The average molecular weight is 304 g/mol. The second-order valence-electron chi connectivity index (χ2n) is 4.17. The van der Waals surface area contributed by atoms with Gasteiger partial charge in [0, 0.05) is 6.20 Å². The molecular weight excluding hydrogens is 294 g/mol. The number of methoxy groups -OCH3 is 1. The first kappa shape index (κ1) is 13.4. The summed E-state index contributed by atoms with van der Waals surface area (Å²) in [5.74, 6) is 1.09. The molecule has 6 nitrogen and oxygen atoms in total. The fourth-order valence-corrected chi connectivity index (χ4v) is 1.87. The molecule has 0 aliphatic rings. The molecule has 21 heavy (non-hydrogen) atoms. The van der Waals surface area contributed by atoms with Crippen molar-refractivity contribution in [2.24, 2.45) is 0 Å². The van der Waals surface area contributed by atoms with Gasteiger partial charge in [0.1, 0.15) is 17.2 Å². The van der Waals surface area contributed by atoms with Crippen molar-refractivity contribution < 1.29 is 14.4 Å². The first-order valence-corrected chi connectivity index (χ1v) is 6.38. The topological polar surface area (TPSA) is 81.3 Å². The summed E-state index contributed by atoms with van der Waals surface area (Å²) < 4.78 is 10.3. The maximum atomic E-state index is 9.88. The van der Waals surface area contributed by atoms with Gasteiger partial charge in [0.15, 0.2) is 0 Å². The van der Waals surface area contributed by atoms with E-state index in [9.17, 15) is 5.11 Å². The minimum absolute atomic E-state index is 0.0232. The number of aromatic hydroxyl groups is 1. The molecule has 0 saturated carbocycles. The van der Waals surface area contributed by atoms with E-state index >= 15 is 0 Å². The maximum absolute atomic E-state index is 9.88. The van der Waals surface area contributed by atoms with Crippen LogP contribution in [0.3, 0.4) is 0 Å². The van der Waals surface area contributed by atoms with Crippen molar-refractivity contribution in [2.45, 2.75) is 0 Å². The van der Waals surface area contributed by atoms with Gasteiger partial charge in [-0.05, 0) is 30.3 Å². The summed E-state index contributed by atoms with van der Waals surface area (Å²) in [6.45, 7) is 0. The van der Waals surface area contributed by atoms with Gasteiger partial charge in [0.2, 0.25) is 5.82 Å². The van der Waals surface area contributed by atoms with Crippen molar-refractivity contribution in [1.82, 2.24) is 15.1 Å². The SMILES string of the molecule is COc1ccc(O)c(-c2nc(-c3ccc(Cl)cn3)no2)c1. The van der Waals surface area contributed by atoms with Crippen LogP contribution in [0.1, 0.15) is 0 Å². The van der Waals surface area contributed by atoms with Crippen LogP contribution in [0.5, 0.6) is 11.5 Å². The van der Waals surface area contributed by atoms with Crippen LogP contribution in [0.25, 0.3) is 23.0 Å². The minimum Gasteiger partial charge on any atom is -0.507 e. The molecule has 7 heteroatoms. The Morgan fingerprint density at radius 3 is 2.81 bits per heavy atom. The molecule has 0 aliphatic heterocycles. The Kier molecular flexibility index (Phi) is 3.45. The number of halogens is 1. The van der Waals surface area contributed by atoms with Gasteiger partial charge in [-0.2, -0.15) is 4.98 Å². The Labute approximate surface area is 125 Å². The molecular formula is C14H10ClN3O3. The molecule has 106 valence electrons. The Morgan fingerprint density at radius 1 is 1.24 bits per heavy atom.